The standard InChI is InChI=1S/C13H21N3O/c1-3-5-14-13-9-12(4-6-15-13)16-7-8-17-11(2)10-16/h4,6,9,11H,3,5,7-8,10H2,1-2H3,(H,14,15). The zero-order valence-electron chi connectivity index (χ0n) is 10.6. The summed E-state index contributed by atoms with van der Waals surface area (Å²) in [4.78, 5) is 6.68. The smallest absolute Gasteiger partial charge is 0.127 e. The van der Waals surface area contributed by atoms with Gasteiger partial charge in [0.2, 0.25) is 0 Å². The number of hydrogen-bond acceptors (Lipinski definition) is 4. The second-order valence-electron chi connectivity index (χ2n) is 4.45. The molecule has 17 heavy (non-hydrogen) atoms. The molecule has 1 fully saturated rings. The largest absolute Gasteiger partial charge is 0.375 e. The summed E-state index contributed by atoms with van der Waals surface area (Å²) in [6.45, 7) is 7.96. The zero-order chi connectivity index (χ0) is 12.1. The van der Waals surface area contributed by atoms with Crippen molar-refractivity contribution in [1.82, 2.24) is 4.98 Å². The van der Waals surface area contributed by atoms with E-state index in [-0.39, 0.29) is 0 Å². The molecule has 0 aromatic carbocycles. The van der Waals surface area contributed by atoms with E-state index in [1.807, 2.05) is 6.20 Å². The van der Waals surface area contributed by atoms with E-state index >= 15 is 0 Å². The predicted molar refractivity (Wildman–Crippen MR) is 70.6 cm³/mol. The lowest BCUT2D eigenvalue weighted by Gasteiger charge is -2.33. The molecule has 2 rings (SSSR count). The van der Waals surface area contributed by atoms with Crippen LogP contribution in [0.1, 0.15) is 20.3 Å². The molecular weight excluding hydrogens is 214 g/mol. The van der Waals surface area contributed by atoms with Crippen LogP contribution >= 0.6 is 0 Å². The lowest BCUT2D eigenvalue weighted by atomic mass is 10.2. The van der Waals surface area contributed by atoms with Crippen molar-refractivity contribution < 1.29 is 4.74 Å². The number of anilines is 2. The van der Waals surface area contributed by atoms with E-state index in [2.05, 4.69) is 41.2 Å². The fourth-order valence-electron chi connectivity index (χ4n) is 2.02. The van der Waals surface area contributed by atoms with Gasteiger partial charge in [0.05, 0.1) is 12.7 Å². The van der Waals surface area contributed by atoms with Crippen molar-refractivity contribution in [3.8, 4) is 0 Å². The number of ether oxygens (including phenoxy) is 1. The number of pyridine rings is 1. The van der Waals surface area contributed by atoms with Crippen molar-refractivity contribution in [2.75, 3.05) is 36.5 Å². The highest BCUT2D eigenvalue weighted by Crippen LogP contribution is 2.19. The molecule has 1 aromatic heterocycles. The van der Waals surface area contributed by atoms with Gasteiger partial charge < -0.3 is 15.0 Å². The molecule has 0 spiro atoms. The number of aromatic nitrogens is 1. The van der Waals surface area contributed by atoms with E-state index in [1.165, 1.54) is 5.69 Å². The molecule has 4 heteroatoms. The summed E-state index contributed by atoms with van der Waals surface area (Å²) in [6.07, 6.45) is 3.29. The van der Waals surface area contributed by atoms with E-state index in [0.29, 0.717) is 6.10 Å². The Bertz CT molecular complexity index is 356. The molecule has 1 unspecified atom stereocenters. The van der Waals surface area contributed by atoms with Crippen molar-refractivity contribution in [1.29, 1.82) is 0 Å². The SMILES string of the molecule is CCCNc1cc(N2CCOC(C)C2)ccn1. The maximum absolute atomic E-state index is 5.55. The summed E-state index contributed by atoms with van der Waals surface area (Å²) in [5.74, 6) is 0.962. The van der Waals surface area contributed by atoms with Gasteiger partial charge in [0.25, 0.3) is 0 Å². The van der Waals surface area contributed by atoms with Gasteiger partial charge in [-0.15, -0.1) is 0 Å². The van der Waals surface area contributed by atoms with E-state index in [1.54, 1.807) is 0 Å². The van der Waals surface area contributed by atoms with Crippen molar-refractivity contribution in [3.05, 3.63) is 18.3 Å². The van der Waals surface area contributed by atoms with Gasteiger partial charge in [-0.3, -0.25) is 0 Å². The van der Waals surface area contributed by atoms with Crippen LogP contribution in [0.5, 0.6) is 0 Å². The molecule has 4 nitrogen and oxygen atoms in total. The molecule has 0 saturated carbocycles. The number of hydrogen-bond donors (Lipinski definition) is 1. The van der Waals surface area contributed by atoms with Crippen LogP contribution in [0.2, 0.25) is 0 Å². The summed E-state index contributed by atoms with van der Waals surface area (Å²) >= 11 is 0. The Morgan fingerprint density at radius 3 is 3.24 bits per heavy atom. The van der Waals surface area contributed by atoms with Gasteiger partial charge in [-0.05, 0) is 19.4 Å². The Labute approximate surface area is 103 Å². The van der Waals surface area contributed by atoms with Gasteiger partial charge in [0.15, 0.2) is 0 Å². The normalized spacial score (nSPS) is 20.4. The van der Waals surface area contributed by atoms with Gasteiger partial charge in [0.1, 0.15) is 5.82 Å². The van der Waals surface area contributed by atoms with Crippen molar-refractivity contribution >= 4 is 11.5 Å². The molecule has 1 N–H and O–H groups in total. The average Bonchev–Trinajstić information content (AvgIpc) is 2.37. The van der Waals surface area contributed by atoms with Crippen LogP contribution in [0.15, 0.2) is 18.3 Å². The molecule has 1 atom stereocenters. The molecule has 1 aliphatic rings. The van der Waals surface area contributed by atoms with Crippen molar-refractivity contribution in [3.63, 3.8) is 0 Å². The minimum atomic E-state index is 0.309. The van der Waals surface area contributed by atoms with E-state index < -0.39 is 0 Å². The Hall–Kier alpha value is -1.29. The molecule has 0 bridgehead atoms. The first kappa shape index (κ1) is 12.2. The van der Waals surface area contributed by atoms with Crippen molar-refractivity contribution in [2.45, 2.75) is 26.4 Å². The highest BCUT2D eigenvalue weighted by molar-refractivity contribution is 5.54. The molecule has 1 aliphatic heterocycles. The molecule has 0 aliphatic carbocycles. The number of nitrogens with one attached hydrogen (secondary N) is 1. The molecule has 94 valence electrons. The van der Waals surface area contributed by atoms with Crippen LogP contribution in [0.4, 0.5) is 11.5 Å². The van der Waals surface area contributed by atoms with Crippen LogP contribution in [0, 0.1) is 0 Å². The first-order valence-corrected chi connectivity index (χ1v) is 6.36. The molecule has 2 heterocycles. The minimum absolute atomic E-state index is 0.309. The van der Waals surface area contributed by atoms with Gasteiger partial charge in [-0.1, -0.05) is 6.92 Å². The molecule has 1 aromatic rings. The Balaban J connectivity index is 2.04. The number of nitrogens with zero attached hydrogens (tertiary/aromatic N) is 2. The van der Waals surface area contributed by atoms with Gasteiger partial charge >= 0.3 is 0 Å². The quantitative estimate of drug-likeness (QED) is 0.867. The summed E-state index contributed by atoms with van der Waals surface area (Å²) in [7, 11) is 0. The summed E-state index contributed by atoms with van der Waals surface area (Å²) in [6, 6.07) is 4.18. The van der Waals surface area contributed by atoms with Crippen LogP contribution < -0.4 is 10.2 Å². The van der Waals surface area contributed by atoms with Gasteiger partial charge in [0, 0.05) is 37.6 Å². The lowest BCUT2D eigenvalue weighted by Crippen LogP contribution is -2.41. The summed E-state index contributed by atoms with van der Waals surface area (Å²) in [5.41, 5.74) is 1.23. The van der Waals surface area contributed by atoms with E-state index in [0.717, 1.165) is 38.5 Å². The summed E-state index contributed by atoms with van der Waals surface area (Å²) in [5, 5.41) is 3.32. The average molecular weight is 235 g/mol. The highest BCUT2D eigenvalue weighted by Gasteiger charge is 2.17. The lowest BCUT2D eigenvalue weighted by molar-refractivity contribution is 0.0532. The maximum atomic E-state index is 5.55. The number of rotatable bonds is 4. The zero-order valence-corrected chi connectivity index (χ0v) is 10.6. The summed E-state index contributed by atoms with van der Waals surface area (Å²) < 4.78 is 5.55. The van der Waals surface area contributed by atoms with Crippen LogP contribution in [-0.4, -0.2) is 37.3 Å². The molecule has 0 radical (unpaired) electrons. The highest BCUT2D eigenvalue weighted by atomic mass is 16.5. The molecule has 0 amide bonds. The third-order valence-corrected chi connectivity index (χ3v) is 2.91. The first-order chi connectivity index (χ1) is 8.29. The van der Waals surface area contributed by atoms with Crippen LogP contribution in [-0.2, 0) is 4.74 Å². The third-order valence-electron chi connectivity index (χ3n) is 2.91. The number of morpholine rings is 1. The third kappa shape index (κ3) is 3.33. The van der Waals surface area contributed by atoms with Crippen molar-refractivity contribution in [2.24, 2.45) is 0 Å². The topological polar surface area (TPSA) is 37.4 Å². The van der Waals surface area contributed by atoms with Gasteiger partial charge in [-0.25, -0.2) is 4.98 Å². The second-order valence-corrected chi connectivity index (χ2v) is 4.45. The van der Waals surface area contributed by atoms with E-state index in [9.17, 15) is 0 Å². The Morgan fingerprint density at radius 1 is 1.59 bits per heavy atom. The minimum Gasteiger partial charge on any atom is -0.375 e. The molecular formula is C13H21N3O. The fourth-order valence-corrected chi connectivity index (χ4v) is 2.02. The Kier molecular flexibility index (Phi) is 4.20. The fraction of sp³-hybridized carbons (Fsp3) is 0.615. The van der Waals surface area contributed by atoms with E-state index in [4.69, 9.17) is 4.74 Å². The van der Waals surface area contributed by atoms with Gasteiger partial charge in [-0.2, -0.15) is 0 Å². The first-order valence-electron chi connectivity index (χ1n) is 6.36. The second kappa shape index (κ2) is 5.87. The predicted octanol–water partition coefficient (Wildman–Crippen LogP) is 2.13. The van der Waals surface area contributed by atoms with Crippen LogP contribution in [0.25, 0.3) is 0 Å². The molecule has 1 saturated heterocycles. The maximum Gasteiger partial charge on any atom is 0.127 e. The Morgan fingerprint density at radius 2 is 2.47 bits per heavy atom. The van der Waals surface area contributed by atoms with Crippen LogP contribution in [0.3, 0.4) is 0 Å². The monoisotopic (exact) mass is 235 g/mol.